The molecule has 16 heavy (non-hydrogen) atoms. The smallest absolute Gasteiger partial charge is 0.235 e. The number of benzene rings is 1. The van der Waals surface area contributed by atoms with Gasteiger partial charge in [-0.05, 0) is 5.56 Å². The van der Waals surface area contributed by atoms with Gasteiger partial charge in [0.05, 0.1) is 25.7 Å². The average molecular weight is 225 g/mol. The molecule has 0 amide bonds. The molecule has 0 heterocycles. The third kappa shape index (κ3) is 4.61. The molecule has 0 atom stereocenters. The highest BCUT2D eigenvalue weighted by atomic mass is 16.8. The minimum absolute atomic E-state index is 0.0541. The normalized spacial score (nSPS) is 11.2. The van der Waals surface area contributed by atoms with Crippen molar-refractivity contribution in [2.45, 2.75) is 6.61 Å². The lowest BCUT2D eigenvalue weighted by Gasteiger charge is -2.06. The van der Waals surface area contributed by atoms with Gasteiger partial charge in [0, 0.05) is 0 Å². The predicted molar refractivity (Wildman–Crippen MR) is 56.9 cm³/mol. The van der Waals surface area contributed by atoms with Gasteiger partial charge in [0.25, 0.3) is 0 Å². The molecule has 0 fully saturated rings. The van der Waals surface area contributed by atoms with Crippen molar-refractivity contribution in [3.63, 3.8) is 0 Å². The summed E-state index contributed by atoms with van der Waals surface area (Å²) in [6.07, 6.45) is 0. The maximum absolute atomic E-state index is 10.9. The summed E-state index contributed by atoms with van der Waals surface area (Å²) in [5.74, 6) is 0. The average Bonchev–Trinajstić information content (AvgIpc) is 2.29. The molecule has 1 aromatic carbocycles. The van der Waals surface area contributed by atoms with Gasteiger partial charge in [-0.2, -0.15) is 5.01 Å². The molecular weight excluding hydrogens is 210 g/mol. The van der Waals surface area contributed by atoms with Gasteiger partial charge in [-0.25, -0.2) is 0 Å². The van der Waals surface area contributed by atoms with E-state index in [0.717, 1.165) is 5.56 Å². The quantitative estimate of drug-likeness (QED) is 0.242. The first-order chi connectivity index (χ1) is 7.70. The van der Waals surface area contributed by atoms with E-state index in [2.05, 4.69) is 10.1 Å². The van der Waals surface area contributed by atoms with Gasteiger partial charge >= 0.3 is 0 Å². The summed E-state index contributed by atoms with van der Waals surface area (Å²) in [5.41, 5.74) is 1.04. The first-order valence-electron chi connectivity index (χ1n) is 4.79. The van der Waals surface area contributed by atoms with Crippen molar-refractivity contribution in [3.05, 3.63) is 41.1 Å². The summed E-state index contributed by atoms with van der Waals surface area (Å²) in [7, 11) is 3.12. The number of rotatable bonds is 6. The van der Waals surface area contributed by atoms with Crippen LogP contribution in [0.4, 0.5) is 0 Å². The van der Waals surface area contributed by atoms with Crippen molar-refractivity contribution in [1.82, 2.24) is 5.01 Å². The number of hydrogen-bond donors (Lipinski definition) is 0. The van der Waals surface area contributed by atoms with Gasteiger partial charge in [0.2, 0.25) is 12.1 Å². The lowest BCUT2D eigenvalue weighted by Crippen LogP contribution is -2.21. The van der Waals surface area contributed by atoms with Crippen molar-refractivity contribution in [3.8, 4) is 0 Å². The van der Waals surface area contributed by atoms with E-state index in [-0.39, 0.29) is 6.79 Å². The molecule has 0 saturated carbocycles. The van der Waals surface area contributed by atoms with E-state index in [9.17, 15) is 5.21 Å². The van der Waals surface area contributed by atoms with Crippen LogP contribution >= 0.6 is 0 Å². The highest BCUT2D eigenvalue weighted by Gasteiger charge is 1.97. The zero-order valence-corrected chi connectivity index (χ0v) is 9.37. The summed E-state index contributed by atoms with van der Waals surface area (Å²) in [6.45, 7) is 0.374. The molecule has 0 bridgehead atoms. The Hall–Kier alpha value is -1.82. The molecule has 0 saturated heterocycles. The van der Waals surface area contributed by atoms with E-state index >= 15 is 0 Å². The van der Waals surface area contributed by atoms with Crippen LogP contribution in [0.25, 0.3) is 0 Å². The van der Waals surface area contributed by atoms with E-state index in [1.165, 1.54) is 5.01 Å². The number of hydrogen-bond acceptors (Lipinski definition) is 4. The molecule has 88 valence electrons. The topological polar surface area (TPSA) is 60.1 Å². The van der Waals surface area contributed by atoms with Crippen LogP contribution in [-0.2, 0) is 16.2 Å². The lowest BCUT2D eigenvalue weighted by molar-refractivity contribution is -0.700. The van der Waals surface area contributed by atoms with Crippen LogP contribution in [0.2, 0.25) is 0 Å². The van der Waals surface area contributed by atoms with Crippen LogP contribution in [0.5, 0.6) is 0 Å². The lowest BCUT2D eigenvalue weighted by atomic mass is 10.2. The molecule has 0 spiro atoms. The summed E-state index contributed by atoms with van der Waals surface area (Å²) in [5, 5.41) is 15.3. The number of ether oxygens (including phenoxy) is 1. The summed E-state index contributed by atoms with van der Waals surface area (Å²) in [6, 6.07) is 9.67. The van der Waals surface area contributed by atoms with Crippen LogP contribution in [0, 0.1) is 5.21 Å². The van der Waals surface area contributed by atoms with Gasteiger partial charge < -0.3 is 14.8 Å². The molecule has 0 aromatic heterocycles. The standard InChI is InChI=1S/C10H15N3O3/c1-12(2)13(14)11-16-9-15-8-10-6-4-3-5-7-10/h3-7H,8-9H2,1-2H3. The van der Waals surface area contributed by atoms with Crippen LogP contribution < -0.4 is 0 Å². The second-order valence-electron chi connectivity index (χ2n) is 3.26. The highest BCUT2D eigenvalue weighted by Crippen LogP contribution is 2.00. The summed E-state index contributed by atoms with van der Waals surface area (Å²) >= 11 is 0. The van der Waals surface area contributed by atoms with Crippen LogP contribution in [0.15, 0.2) is 35.6 Å². The first kappa shape index (κ1) is 12.3. The Morgan fingerprint density at radius 3 is 2.62 bits per heavy atom. The van der Waals surface area contributed by atoms with Crippen LogP contribution in [-0.4, -0.2) is 30.9 Å². The SMILES string of the molecule is CN(C)[N+]([O-])=NOCOCc1ccccc1. The third-order valence-corrected chi connectivity index (χ3v) is 1.72. The Labute approximate surface area is 94.2 Å². The summed E-state index contributed by atoms with van der Waals surface area (Å²) in [4.78, 5) is 4.98. The fourth-order valence-electron chi connectivity index (χ4n) is 0.917. The highest BCUT2D eigenvalue weighted by molar-refractivity contribution is 5.13. The van der Waals surface area contributed by atoms with E-state index < -0.39 is 0 Å². The molecule has 0 aliphatic carbocycles. The van der Waals surface area contributed by atoms with Crippen molar-refractivity contribution in [2.24, 2.45) is 5.28 Å². The maximum atomic E-state index is 10.9. The second kappa shape index (κ2) is 6.62. The van der Waals surface area contributed by atoms with Gasteiger partial charge in [-0.15, -0.1) is 0 Å². The molecule has 0 aliphatic heterocycles. The van der Waals surface area contributed by atoms with Crippen molar-refractivity contribution in [1.29, 1.82) is 0 Å². The fourth-order valence-corrected chi connectivity index (χ4v) is 0.917. The molecule has 1 aromatic rings. The Kier molecular flexibility index (Phi) is 5.07. The second-order valence-corrected chi connectivity index (χ2v) is 3.26. The number of nitrogens with zero attached hydrogens (tertiary/aromatic N) is 3. The monoisotopic (exact) mass is 225 g/mol. The molecule has 0 unspecified atom stereocenters. The van der Waals surface area contributed by atoms with E-state index in [1.807, 2.05) is 30.3 Å². The van der Waals surface area contributed by atoms with E-state index in [0.29, 0.717) is 11.6 Å². The van der Waals surface area contributed by atoms with Gasteiger partial charge in [0.15, 0.2) is 0 Å². The molecule has 6 nitrogen and oxygen atoms in total. The minimum Gasteiger partial charge on any atom is -0.569 e. The van der Waals surface area contributed by atoms with Gasteiger partial charge in [-0.3, -0.25) is 0 Å². The molecule has 0 aliphatic rings. The largest absolute Gasteiger partial charge is 0.569 e. The van der Waals surface area contributed by atoms with Gasteiger partial charge in [0.1, 0.15) is 0 Å². The maximum Gasteiger partial charge on any atom is 0.235 e. The molecule has 1 rings (SSSR count). The Morgan fingerprint density at radius 1 is 1.31 bits per heavy atom. The minimum atomic E-state index is -0.0541. The molecular formula is C10H15N3O3. The van der Waals surface area contributed by atoms with E-state index in [4.69, 9.17) is 4.74 Å². The van der Waals surface area contributed by atoms with E-state index in [1.54, 1.807) is 14.1 Å². The summed E-state index contributed by atoms with van der Waals surface area (Å²) < 4.78 is 5.15. The molecule has 0 radical (unpaired) electrons. The predicted octanol–water partition coefficient (Wildman–Crippen LogP) is 1.53. The zero-order chi connectivity index (χ0) is 11.8. The zero-order valence-electron chi connectivity index (χ0n) is 9.37. The van der Waals surface area contributed by atoms with Crippen LogP contribution in [0.3, 0.4) is 0 Å². The Bertz CT molecular complexity index is 327. The fraction of sp³-hybridized carbons (Fsp3) is 0.400. The molecule has 0 N–H and O–H groups in total. The Balaban J connectivity index is 2.16. The Morgan fingerprint density at radius 2 is 2.00 bits per heavy atom. The van der Waals surface area contributed by atoms with Crippen molar-refractivity contribution in [2.75, 3.05) is 20.9 Å². The van der Waals surface area contributed by atoms with Crippen LogP contribution in [0.1, 0.15) is 5.56 Å². The third-order valence-electron chi connectivity index (χ3n) is 1.72. The van der Waals surface area contributed by atoms with Crippen molar-refractivity contribution >= 4 is 0 Å². The number of hydrazine groups is 1. The first-order valence-corrected chi connectivity index (χ1v) is 4.79. The van der Waals surface area contributed by atoms with Gasteiger partial charge in [-0.1, -0.05) is 30.3 Å². The van der Waals surface area contributed by atoms with Crippen molar-refractivity contribution < 1.29 is 14.5 Å². The molecule has 6 heteroatoms.